The number of nitrogens with zero attached hydrogens (tertiary/aromatic N) is 3. The van der Waals surface area contributed by atoms with Gasteiger partial charge >= 0.3 is 5.97 Å². The maximum atomic E-state index is 14.3. The second-order valence-electron chi connectivity index (χ2n) is 10.5. The summed E-state index contributed by atoms with van der Waals surface area (Å²) in [6.45, 7) is 9.05. The standard InChI is InChI=1S/C35H32BrN3O4S/c1-5-42-26-17-13-24(14-18-26)32-31(34(41)43-6-2)21(3)37-35-39(32)33(40)30(44-35)19-28-22(4)38(29-10-8-7-9-27(28)29)20-23-11-15-25(36)16-12-23/h7-19,32H,5-6,20H2,1-4H3/t32-/m1/s1. The van der Waals surface area contributed by atoms with Gasteiger partial charge in [0.25, 0.3) is 5.56 Å². The Hall–Kier alpha value is -4.21. The number of halogens is 1. The molecule has 3 heterocycles. The van der Waals surface area contributed by atoms with Gasteiger partial charge in [-0.15, -0.1) is 0 Å². The van der Waals surface area contributed by atoms with Crippen LogP contribution in [0.1, 0.15) is 49.2 Å². The van der Waals surface area contributed by atoms with Crippen molar-refractivity contribution < 1.29 is 14.3 Å². The van der Waals surface area contributed by atoms with Crippen LogP contribution in [-0.4, -0.2) is 28.3 Å². The second kappa shape index (κ2) is 12.4. The number of thiazole rings is 1. The van der Waals surface area contributed by atoms with Gasteiger partial charge in [-0.05, 0) is 75.2 Å². The number of allylic oxidation sites excluding steroid dienone is 1. The smallest absolute Gasteiger partial charge is 0.338 e. The summed E-state index contributed by atoms with van der Waals surface area (Å²) < 4.78 is 16.6. The molecule has 0 spiro atoms. The van der Waals surface area contributed by atoms with Crippen LogP contribution in [-0.2, 0) is 16.1 Å². The normalized spacial score (nSPS) is 14.9. The van der Waals surface area contributed by atoms with Gasteiger partial charge in [-0.25, -0.2) is 9.79 Å². The van der Waals surface area contributed by atoms with Crippen LogP contribution in [0.5, 0.6) is 5.75 Å². The Morgan fingerprint density at radius 3 is 2.43 bits per heavy atom. The molecule has 0 N–H and O–H groups in total. The molecule has 0 saturated carbocycles. The Balaban J connectivity index is 1.52. The van der Waals surface area contributed by atoms with E-state index in [9.17, 15) is 9.59 Å². The maximum Gasteiger partial charge on any atom is 0.338 e. The van der Waals surface area contributed by atoms with Crippen molar-refractivity contribution in [2.45, 2.75) is 40.3 Å². The highest BCUT2D eigenvalue weighted by Crippen LogP contribution is 2.32. The molecular formula is C35H32BrN3O4S. The van der Waals surface area contributed by atoms with E-state index in [0.717, 1.165) is 37.9 Å². The number of carbonyl (C=O) groups is 1. The number of rotatable bonds is 8. The fraction of sp³-hybridized carbons (Fsp3) is 0.229. The van der Waals surface area contributed by atoms with Crippen molar-refractivity contribution in [3.05, 3.63) is 131 Å². The van der Waals surface area contributed by atoms with Crippen LogP contribution < -0.4 is 19.6 Å². The molecule has 0 saturated heterocycles. The predicted octanol–water partition coefficient (Wildman–Crippen LogP) is 6.27. The van der Waals surface area contributed by atoms with Crippen LogP contribution in [0.25, 0.3) is 17.0 Å². The molecule has 0 aliphatic carbocycles. The highest BCUT2D eigenvalue weighted by atomic mass is 79.9. The first-order valence-corrected chi connectivity index (χ1v) is 16.2. The van der Waals surface area contributed by atoms with Crippen LogP contribution in [0.2, 0.25) is 0 Å². The molecule has 44 heavy (non-hydrogen) atoms. The summed E-state index contributed by atoms with van der Waals surface area (Å²) in [5, 5.41) is 1.07. The van der Waals surface area contributed by atoms with Crippen LogP contribution in [0.4, 0.5) is 0 Å². The quantitative estimate of drug-likeness (QED) is 0.183. The van der Waals surface area contributed by atoms with Gasteiger partial charge in [0.2, 0.25) is 0 Å². The maximum absolute atomic E-state index is 14.3. The molecule has 0 unspecified atom stereocenters. The molecule has 1 atom stereocenters. The van der Waals surface area contributed by atoms with Crippen molar-refractivity contribution in [3.63, 3.8) is 0 Å². The first kappa shape index (κ1) is 29.8. The fourth-order valence-electron chi connectivity index (χ4n) is 5.77. The van der Waals surface area contributed by atoms with Gasteiger partial charge in [-0.2, -0.15) is 0 Å². The number of esters is 1. The van der Waals surface area contributed by atoms with Crippen molar-refractivity contribution >= 4 is 50.2 Å². The number of hydrogen-bond donors (Lipinski definition) is 0. The SMILES string of the molecule is CCOC(=O)C1=C(C)N=c2sc(=Cc3c(C)n(Cc4ccc(Br)cc4)c4ccccc34)c(=O)n2[C@@H]1c1ccc(OCC)cc1. The van der Waals surface area contributed by atoms with Gasteiger partial charge in [0.15, 0.2) is 4.80 Å². The molecule has 3 aromatic carbocycles. The van der Waals surface area contributed by atoms with Crippen LogP contribution >= 0.6 is 27.3 Å². The molecule has 6 rings (SSSR count). The number of para-hydroxylation sites is 1. The molecule has 0 bridgehead atoms. The summed E-state index contributed by atoms with van der Waals surface area (Å²) >= 11 is 4.86. The number of hydrogen-bond acceptors (Lipinski definition) is 6. The van der Waals surface area contributed by atoms with E-state index in [-0.39, 0.29) is 12.2 Å². The summed E-state index contributed by atoms with van der Waals surface area (Å²) in [5.74, 6) is 0.241. The lowest BCUT2D eigenvalue weighted by molar-refractivity contribution is -0.139. The van der Waals surface area contributed by atoms with Crippen molar-refractivity contribution in [1.29, 1.82) is 0 Å². The van der Waals surface area contributed by atoms with E-state index >= 15 is 0 Å². The predicted molar refractivity (Wildman–Crippen MR) is 178 cm³/mol. The summed E-state index contributed by atoms with van der Waals surface area (Å²) in [4.78, 5) is 32.8. The van der Waals surface area contributed by atoms with Crippen molar-refractivity contribution in [1.82, 2.24) is 9.13 Å². The van der Waals surface area contributed by atoms with Gasteiger partial charge in [-0.3, -0.25) is 9.36 Å². The molecule has 2 aromatic heterocycles. The first-order valence-electron chi connectivity index (χ1n) is 14.5. The van der Waals surface area contributed by atoms with Crippen molar-refractivity contribution in [2.75, 3.05) is 13.2 Å². The summed E-state index contributed by atoms with van der Waals surface area (Å²) in [7, 11) is 0. The van der Waals surface area contributed by atoms with Gasteiger partial charge in [-0.1, -0.05) is 69.7 Å². The average Bonchev–Trinajstić information content (AvgIpc) is 3.46. The Morgan fingerprint density at radius 2 is 1.73 bits per heavy atom. The van der Waals surface area contributed by atoms with Crippen molar-refractivity contribution in [2.24, 2.45) is 4.99 Å². The molecule has 0 radical (unpaired) electrons. The molecule has 0 fully saturated rings. The Morgan fingerprint density at radius 1 is 1.00 bits per heavy atom. The lowest BCUT2D eigenvalue weighted by Crippen LogP contribution is -2.39. The third kappa shape index (κ3) is 5.46. The zero-order valence-electron chi connectivity index (χ0n) is 25.0. The summed E-state index contributed by atoms with van der Waals surface area (Å²) in [6, 6.07) is 23.4. The van der Waals surface area contributed by atoms with Gasteiger partial charge in [0, 0.05) is 33.2 Å². The minimum atomic E-state index is -0.678. The van der Waals surface area contributed by atoms with Crippen molar-refractivity contribution in [3.8, 4) is 5.75 Å². The van der Waals surface area contributed by atoms with Crippen LogP contribution in [0.15, 0.2) is 98.3 Å². The van der Waals surface area contributed by atoms with Gasteiger partial charge in [0.05, 0.1) is 35.1 Å². The molecule has 5 aromatic rings. The highest BCUT2D eigenvalue weighted by molar-refractivity contribution is 9.10. The van der Waals surface area contributed by atoms with E-state index in [1.54, 1.807) is 18.4 Å². The number of benzene rings is 3. The monoisotopic (exact) mass is 669 g/mol. The molecule has 1 aliphatic heterocycles. The summed E-state index contributed by atoms with van der Waals surface area (Å²) in [5.41, 5.74) is 5.80. The van der Waals surface area contributed by atoms with Gasteiger partial charge in [0.1, 0.15) is 5.75 Å². The number of ether oxygens (including phenoxy) is 2. The number of carbonyl (C=O) groups excluding carboxylic acids is 1. The van der Waals surface area contributed by atoms with E-state index in [2.05, 4.69) is 51.7 Å². The Labute approximate surface area is 267 Å². The topological polar surface area (TPSA) is 74.8 Å². The average molecular weight is 671 g/mol. The van der Waals surface area contributed by atoms with E-state index in [1.165, 1.54) is 16.9 Å². The first-order chi connectivity index (χ1) is 21.3. The minimum Gasteiger partial charge on any atom is -0.494 e. The molecule has 9 heteroatoms. The van der Waals surface area contributed by atoms with E-state index in [1.807, 2.05) is 61.5 Å². The molecule has 224 valence electrons. The molecule has 1 aliphatic rings. The zero-order valence-corrected chi connectivity index (χ0v) is 27.4. The largest absolute Gasteiger partial charge is 0.494 e. The minimum absolute atomic E-state index is 0.203. The molecule has 7 nitrogen and oxygen atoms in total. The number of aromatic nitrogens is 2. The lowest BCUT2D eigenvalue weighted by Gasteiger charge is -2.24. The summed E-state index contributed by atoms with van der Waals surface area (Å²) in [6.07, 6.45) is 1.97. The van der Waals surface area contributed by atoms with E-state index in [0.29, 0.717) is 33.8 Å². The third-order valence-electron chi connectivity index (χ3n) is 7.83. The second-order valence-corrected chi connectivity index (χ2v) is 12.5. The highest BCUT2D eigenvalue weighted by Gasteiger charge is 2.33. The van der Waals surface area contributed by atoms with E-state index in [4.69, 9.17) is 14.5 Å². The van der Waals surface area contributed by atoms with Crippen LogP contribution in [0, 0.1) is 6.92 Å². The zero-order chi connectivity index (χ0) is 31.0. The van der Waals surface area contributed by atoms with Crippen LogP contribution in [0.3, 0.4) is 0 Å². The Bertz CT molecular complexity index is 2090. The fourth-order valence-corrected chi connectivity index (χ4v) is 7.06. The Kier molecular flexibility index (Phi) is 8.42. The lowest BCUT2D eigenvalue weighted by atomic mass is 9.96. The van der Waals surface area contributed by atoms with Gasteiger partial charge < -0.3 is 14.0 Å². The third-order valence-corrected chi connectivity index (χ3v) is 9.34. The van der Waals surface area contributed by atoms with E-state index < -0.39 is 12.0 Å². The molecular weight excluding hydrogens is 638 g/mol. The molecule has 0 amide bonds. The number of fused-ring (bicyclic) bond motifs is 2.